The molecular weight excluding hydrogens is 278 g/mol. The summed E-state index contributed by atoms with van der Waals surface area (Å²) in [5, 5.41) is 4.91. The van der Waals surface area contributed by atoms with Crippen LogP contribution in [0, 0.1) is 12.3 Å². The number of alkyl halides is 1. The maximum absolute atomic E-state index is 11.3. The van der Waals surface area contributed by atoms with Crippen molar-refractivity contribution in [3.8, 4) is 12.3 Å². The van der Waals surface area contributed by atoms with E-state index >= 15 is 0 Å². The van der Waals surface area contributed by atoms with Crippen molar-refractivity contribution in [3.63, 3.8) is 0 Å². The van der Waals surface area contributed by atoms with Crippen LogP contribution in [-0.2, 0) is 4.74 Å². The Labute approximate surface area is 101 Å². The van der Waals surface area contributed by atoms with Crippen molar-refractivity contribution in [2.75, 3.05) is 19.0 Å². The summed E-state index contributed by atoms with van der Waals surface area (Å²) in [5.41, 5.74) is 0.756. The fourth-order valence-electron chi connectivity index (χ4n) is 0.958. The number of halogens is 1. The van der Waals surface area contributed by atoms with Crippen LogP contribution in [0.1, 0.15) is 9.67 Å². The first-order valence-electron chi connectivity index (χ1n) is 4.19. The summed E-state index contributed by atoms with van der Waals surface area (Å²) in [7, 11) is 1.36. The van der Waals surface area contributed by atoms with Gasteiger partial charge in [-0.25, -0.2) is 4.79 Å². The standard InChI is InChI=1S/C10H10BrNO2S/c1-3-7(11)6-12-8-4-5-15-9(8)10(13)14-2/h1,4-5,7,12H,6H2,2H3. The number of anilines is 1. The molecule has 1 rings (SSSR count). The van der Waals surface area contributed by atoms with Gasteiger partial charge in [-0.15, -0.1) is 17.8 Å². The first kappa shape index (κ1) is 12.1. The molecule has 15 heavy (non-hydrogen) atoms. The summed E-state index contributed by atoms with van der Waals surface area (Å²) in [6.07, 6.45) is 5.21. The van der Waals surface area contributed by atoms with E-state index < -0.39 is 0 Å². The Balaban J connectivity index is 2.66. The number of nitrogens with one attached hydrogen (secondary N) is 1. The Morgan fingerprint density at radius 1 is 1.87 bits per heavy atom. The number of methoxy groups -OCH3 is 1. The molecule has 0 saturated carbocycles. The van der Waals surface area contributed by atoms with Crippen molar-refractivity contribution >= 4 is 38.9 Å². The third-order valence-electron chi connectivity index (χ3n) is 1.69. The van der Waals surface area contributed by atoms with Gasteiger partial charge in [-0.1, -0.05) is 21.9 Å². The summed E-state index contributed by atoms with van der Waals surface area (Å²) >= 11 is 4.63. The molecule has 3 nitrogen and oxygen atoms in total. The third kappa shape index (κ3) is 3.26. The van der Waals surface area contributed by atoms with Crippen LogP contribution in [-0.4, -0.2) is 24.5 Å². The van der Waals surface area contributed by atoms with Crippen molar-refractivity contribution in [3.05, 3.63) is 16.3 Å². The van der Waals surface area contributed by atoms with Crippen LogP contribution in [0.5, 0.6) is 0 Å². The summed E-state index contributed by atoms with van der Waals surface area (Å²) in [4.78, 5) is 11.8. The summed E-state index contributed by atoms with van der Waals surface area (Å²) in [6.45, 7) is 0.567. The number of thiophene rings is 1. The fraction of sp³-hybridized carbons (Fsp3) is 0.300. The predicted octanol–water partition coefficient (Wildman–Crippen LogP) is 2.34. The molecule has 0 aromatic carbocycles. The molecule has 5 heteroatoms. The minimum atomic E-state index is -0.334. The molecule has 0 radical (unpaired) electrons. The van der Waals surface area contributed by atoms with Gasteiger partial charge in [0.25, 0.3) is 0 Å². The maximum Gasteiger partial charge on any atom is 0.350 e. The monoisotopic (exact) mass is 287 g/mol. The lowest BCUT2D eigenvalue weighted by Crippen LogP contribution is -2.13. The second-order valence-corrected chi connectivity index (χ2v) is 4.69. The van der Waals surface area contributed by atoms with Crippen molar-refractivity contribution in [2.45, 2.75) is 4.83 Å². The van der Waals surface area contributed by atoms with E-state index in [2.05, 4.69) is 31.9 Å². The molecule has 1 aromatic rings. The van der Waals surface area contributed by atoms with E-state index in [1.165, 1.54) is 18.4 Å². The molecule has 0 aliphatic carbocycles. The number of carbonyl (C=O) groups is 1. The van der Waals surface area contributed by atoms with Crippen molar-refractivity contribution in [1.82, 2.24) is 0 Å². The molecule has 0 fully saturated rings. The first-order chi connectivity index (χ1) is 7.19. The number of hydrogen-bond donors (Lipinski definition) is 1. The highest BCUT2D eigenvalue weighted by molar-refractivity contribution is 9.09. The minimum absolute atomic E-state index is 0.0529. The largest absolute Gasteiger partial charge is 0.465 e. The van der Waals surface area contributed by atoms with Crippen LogP contribution >= 0.6 is 27.3 Å². The number of terminal acetylenes is 1. The lowest BCUT2D eigenvalue weighted by Gasteiger charge is -2.07. The van der Waals surface area contributed by atoms with E-state index in [1.807, 2.05) is 11.4 Å². The molecule has 0 spiro atoms. The molecule has 0 bridgehead atoms. The van der Waals surface area contributed by atoms with Crippen molar-refractivity contribution < 1.29 is 9.53 Å². The number of esters is 1. The normalized spacial score (nSPS) is 11.5. The van der Waals surface area contributed by atoms with Gasteiger partial charge < -0.3 is 10.1 Å². The summed E-state index contributed by atoms with van der Waals surface area (Å²) < 4.78 is 4.65. The Bertz CT molecular complexity index is 383. The number of carbonyl (C=O) groups excluding carboxylic acids is 1. The predicted molar refractivity (Wildman–Crippen MR) is 65.7 cm³/mol. The molecule has 1 aromatic heterocycles. The topological polar surface area (TPSA) is 38.3 Å². The van der Waals surface area contributed by atoms with Gasteiger partial charge in [-0.2, -0.15) is 0 Å². The highest BCUT2D eigenvalue weighted by atomic mass is 79.9. The Hall–Kier alpha value is -0.990. The highest BCUT2D eigenvalue weighted by Gasteiger charge is 2.13. The molecule has 0 saturated heterocycles. The second kappa shape index (κ2) is 5.79. The quantitative estimate of drug-likeness (QED) is 0.525. The molecule has 1 N–H and O–H groups in total. The summed E-state index contributed by atoms with van der Waals surface area (Å²) in [6, 6.07) is 1.83. The lowest BCUT2D eigenvalue weighted by molar-refractivity contribution is 0.0607. The van der Waals surface area contributed by atoms with Crippen LogP contribution in [0.2, 0.25) is 0 Å². The first-order valence-corrected chi connectivity index (χ1v) is 5.98. The van der Waals surface area contributed by atoms with Crippen LogP contribution in [0.15, 0.2) is 11.4 Å². The Morgan fingerprint density at radius 2 is 2.60 bits per heavy atom. The molecule has 0 aliphatic heterocycles. The fourth-order valence-corrected chi connectivity index (χ4v) is 1.91. The molecule has 80 valence electrons. The van der Waals surface area contributed by atoms with Gasteiger partial charge in [0.2, 0.25) is 0 Å². The Morgan fingerprint density at radius 3 is 3.20 bits per heavy atom. The van der Waals surface area contributed by atoms with Crippen LogP contribution < -0.4 is 5.32 Å². The molecular formula is C10H10BrNO2S. The molecule has 1 heterocycles. The van der Waals surface area contributed by atoms with E-state index in [0.717, 1.165) is 5.69 Å². The van der Waals surface area contributed by atoms with E-state index in [0.29, 0.717) is 11.4 Å². The van der Waals surface area contributed by atoms with Gasteiger partial charge in [-0.05, 0) is 11.4 Å². The molecule has 0 amide bonds. The van der Waals surface area contributed by atoms with Crippen LogP contribution in [0.25, 0.3) is 0 Å². The van der Waals surface area contributed by atoms with Crippen LogP contribution in [0.4, 0.5) is 5.69 Å². The van der Waals surface area contributed by atoms with E-state index in [9.17, 15) is 4.79 Å². The molecule has 1 unspecified atom stereocenters. The second-order valence-electron chi connectivity index (χ2n) is 2.67. The van der Waals surface area contributed by atoms with Gasteiger partial charge in [0.1, 0.15) is 4.88 Å². The van der Waals surface area contributed by atoms with Crippen molar-refractivity contribution in [2.24, 2.45) is 0 Å². The smallest absolute Gasteiger partial charge is 0.350 e. The average molecular weight is 288 g/mol. The Kier molecular flexibility index (Phi) is 4.66. The van der Waals surface area contributed by atoms with Gasteiger partial charge in [0.05, 0.1) is 17.6 Å². The van der Waals surface area contributed by atoms with E-state index in [-0.39, 0.29) is 10.8 Å². The molecule has 0 aliphatic rings. The minimum Gasteiger partial charge on any atom is -0.465 e. The number of hydrogen-bond acceptors (Lipinski definition) is 4. The van der Waals surface area contributed by atoms with E-state index in [4.69, 9.17) is 6.42 Å². The highest BCUT2D eigenvalue weighted by Crippen LogP contribution is 2.23. The van der Waals surface area contributed by atoms with Crippen LogP contribution in [0.3, 0.4) is 0 Å². The molecule has 1 atom stereocenters. The van der Waals surface area contributed by atoms with Gasteiger partial charge in [0, 0.05) is 6.54 Å². The van der Waals surface area contributed by atoms with Gasteiger partial charge in [-0.3, -0.25) is 0 Å². The summed E-state index contributed by atoms with van der Waals surface area (Å²) in [5.74, 6) is 2.20. The average Bonchev–Trinajstić information content (AvgIpc) is 2.72. The number of rotatable bonds is 4. The SMILES string of the molecule is C#CC(Br)CNc1ccsc1C(=O)OC. The van der Waals surface area contributed by atoms with E-state index in [1.54, 1.807) is 0 Å². The maximum atomic E-state index is 11.3. The lowest BCUT2D eigenvalue weighted by atomic mass is 10.3. The number of ether oxygens (including phenoxy) is 1. The van der Waals surface area contributed by atoms with Crippen molar-refractivity contribution in [1.29, 1.82) is 0 Å². The van der Waals surface area contributed by atoms with Gasteiger partial charge >= 0.3 is 5.97 Å². The zero-order valence-corrected chi connectivity index (χ0v) is 10.5. The van der Waals surface area contributed by atoms with Gasteiger partial charge in [0.15, 0.2) is 0 Å². The zero-order chi connectivity index (χ0) is 11.3. The zero-order valence-electron chi connectivity index (χ0n) is 8.12. The third-order valence-corrected chi connectivity index (χ3v) is 3.17.